The lowest BCUT2D eigenvalue weighted by Gasteiger charge is -2.12. The number of amides is 1. The first-order valence-electron chi connectivity index (χ1n) is 5.49. The van der Waals surface area contributed by atoms with E-state index in [2.05, 4.69) is 21.2 Å². The monoisotopic (exact) mass is 341 g/mol. The molecule has 0 bridgehead atoms. The van der Waals surface area contributed by atoms with Gasteiger partial charge in [0.25, 0.3) is 5.91 Å². The van der Waals surface area contributed by atoms with E-state index in [0.717, 1.165) is 12.1 Å². The molecule has 0 unspecified atom stereocenters. The lowest BCUT2D eigenvalue weighted by Crippen LogP contribution is -2.14. The quantitative estimate of drug-likeness (QED) is 0.592. The minimum absolute atomic E-state index is 0.00739. The summed E-state index contributed by atoms with van der Waals surface area (Å²) in [5.41, 5.74) is 11.3. The number of anilines is 3. The highest BCUT2D eigenvalue weighted by atomic mass is 79.9. The molecule has 0 saturated heterocycles. The Morgan fingerprint density at radius 2 is 1.80 bits per heavy atom. The fraction of sp³-hybridized carbons (Fsp3) is 0. The number of carbonyl (C=O) groups is 1. The number of benzene rings is 2. The van der Waals surface area contributed by atoms with Crippen molar-refractivity contribution in [3.05, 3.63) is 52.0 Å². The molecule has 0 aromatic heterocycles. The third kappa shape index (κ3) is 2.88. The summed E-state index contributed by atoms with van der Waals surface area (Å²) in [6.45, 7) is 0. The van der Waals surface area contributed by atoms with Crippen LogP contribution in [-0.2, 0) is 0 Å². The van der Waals surface area contributed by atoms with Gasteiger partial charge in [-0.15, -0.1) is 0 Å². The highest BCUT2D eigenvalue weighted by Crippen LogP contribution is 2.28. The van der Waals surface area contributed by atoms with Crippen molar-refractivity contribution in [2.24, 2.45) is 5.73 Å². The highest BCUT2D eigenvalue weighted by molar-refractivity contribution is 9.10. The molecule has 2 aromatic carbocycles. The van der Waals surface area contributed by atoms with E-state index in [1.54, 1.807) is 0 Å². The summed E-state index contributed by atoms with van der Waals surface area (Å²) in [6, 6.07) is 6.30. The van der Waals surface area contributed by atoms with Gasteiger partial charge in [-0.1, -0.05) is 0 Å². The van der Waals surface area contributed by atoms with Gasteiger partial charge in [-0.25, -0.2) is 8.78 Å². The highest BCUT2D eigenvalue weighted by Gasteiger charge is 2.13. The lowest BCUT2D eigenvalue weighted by atomic mass is 10.1. The second-order valence-electron chi connectivity index (χ2n) is 4.04. The summed E-state index contributed by atoms with van der Waals surface area (Å²) in [5.74, 6) is -2.03. The number of primary amides is 1. The van der Waals surface area contributed by atoms with E-state index in [-0.39, 0.29) is 21.4 Å². The van der Waals surface area contributed by atoms with Gasteiger partial charge in [0.15, 0.2) is 0 Å². The molecule has 0 radical (unpaired) electrons. The first-order chi connectivity index (χ1) is 9.38. The van der Waals surface area contributed by atoms with Crippen LogP contribution in [0.5, 0.6) is 0 Å². The summed E-state index contributed by atoms with van der Waals surface area (Å²) in [4.78, 5) is 11.3. The Morgan fingerprint density at radius 1 is 1.10 bits per heavy atom. The third-order valence-corrected chi connectivity index (χ3v) is 3.20. The molecule has 7 heteroatoms. The number of halogens is 3. The van der Waals surface area contributed by atoms with Gasteiger partial charge < -0.3 is 16.8 Å². The van der Waals surface area contributed by atoms with Crippen molar-refractivity contribution in [1.82, 2.24) is 0 Å². The van der Waals surface area contributed by atoms with Gasteiger partial charge >= 0.3 is 0 Å². The minimum atomic E-state index is -0.724. The molecule has 0 spiro atoms. The van der Waals surface area contributed by atoms with Gasteiger partial charge in [0.1, 0.15) is 11.6 Å². The lowest BCUT2D eigenvalue weighted by molar-refractivity contribution is 0.100. The molecule has 5 N–H and O–H groups in total. The van der Waals surface area contributed by atoms with Gasteiger partial charge in [-0.05, 0) is 40.2 Å². The van der Waals surface area contributed by atoms with Crippen LogP contribution in [-0.4, -0.2) is 5.91 Å². The van der Waals surface area contributed by atoms with Crippen LogP contribution in [0.4, 0.5) is 25.8 Å². The summed E-state index contributed by atoms with van der Waals surface area (Å²) >= 11 is 2.88. The maximum atomic E-state index is 13.7. The van der Waals surface area contributed by atoms with Crippen LogP contribution < -0.4 is 16.8 Å². The van der Waals surface area contributed by atoms with Crippen LogP contribution in [0, 0.1) is 11.6 Å². The van der Waals surface area contributed by atoms with E-state index in [9.17, 15) is 13.6 Å². The first-order valence-corrected chi connectivity index (χ1v) is 6.28. The molecule has 0 saturated carbocycles. The number of rotatable bonds is 3. The molecule has 0 atom stereocenters. The molecule has 0 heterocycles. The van der Waals surface area contributed by atoms with Crippen molar-refractivity contribution >= 4 is 38.9 Å². The van der Waals surface area contributed by atoms with Crippen LogP contribution >= 0.6 is 15.9 Å². The molecular weight excluding hydrogens is 332 g/mol. The smallest absolute Gasteiger partial charge is 0.250 e. The van der Waals surface area contributed by atoms with Crippen LogP contribution in [0.2, 0.25) is 0 Å². The second kappa shape index (κ2) is 5.46. The molecule has 104 valence electrons. The Labute approximate surface area is 121 Å². The van der Waals surface area contributed by atoms with Crippen molar-refractivity contribution in [3.63, 3.8) is 0 Å². The average molecular weight is 342 g/mol. The van der Waals surface area contributed by atoms with E-state index >= 15 is 0 Å². The molecule has 0 aliphatic carbocycles. The molecule has 2 aromatic rings. The van der Waals surface area contributed by atoms with E-state index in [1.807, 2.05) is 0 Å². The number of nitrogens with two attached hydrogens (primary N) is 2. The van der Waals surface area contributed by atoms with E-state index in [4.69, 9.17) is 11.5 Å². The fourth-order valence-corrected chi connectivity index (χ4v) is 1.95. The summed E-state index contributed by atoms with van der Waals surface area (Å²) < 4.78 is 27.2. The normalized spacial score (nSPS) is 10.3. The number of hydrogen-bond donors (Lipinski definition) is 3. The molecule has 20 heavy (non-hydrogen) atoms. The van der Waals surface area contributed by atoms with Crippen molar-refractivity contribution in [3.8, 4) is 0 Å². The zero-order valence-electron chi connectivity index (χ0n) is 10.1. The van der Waals surface area contributed by atoms with Gasteiger partial charge in [-0.3, -0.25) is 4.79 Å². The maximum Gasteiger partial charge on any atom is 0.250 e. The molecule has 4 nitrogen and oxygen atoms in total. The number of nitrogen functional groups attached to an aromatic ring is 1. The zero-order chi connectivity index (χ0) is 14.9. The van der Waals surface area contributed by atoms with Gasteiger partial charge in [-0.2, -0.15) is 0 Å². The van der Waals surface area contributed by atoms with Gasteiger partial charge in [0.05, 0.1) is 21.4 Å². The third-order valence-electron chi connectivity index (χ3n) is 2.59. The Hall–Kier alpha value is -2.15. The maximum absolute atomic E-state index is 13.7. The Bertz CT molecular complexity index is 692. The standard InChI is InChI=1S/C13H10BrF2N3O/c14-8-4-10(16)12(5-9(8)15)19-11-2-1-6(17)3-7(11)13(18)20/h1-5,19H,17H2,(H2,18,20). The summed E-state index contributed by atoms with van der Waals surface area (Å²) in [6.07, 6.45) is 0. The minimum Gasteiger partial charge on any atom is -0.399 e. The van der Waals surface area contributed by atoms with E-state index < -0.39 is 17.5 Å². The predicted octanol–water partition coefficient (Wildman–Crippen LogP) is 3.15. The molecule has 0 aliphatic heterocycles. The van der Waals surface area contributed by atoms with Crippen LogP contribution in [0.1, 0.15) is 10.4 Å². The predicted molar refractivity (Wildman–Crippen MR) is 76.7 cm³/mol. The average Bonchev–Trinajstić information content (AvgIpc) is 2.37. The molecule has 2 rings (SSSR count). The molecule has 0 aliphatic rings. The Morgan fingerprint density at radius 3 is 2.45 bits per heavy atom. The van der Waals surface area contributed by atoms with Crippen LogP contribution in [0.25, 0.3) is 0 Å². The number of hydrogen-bond acceptors (Lipinski definition) is 3. The Balaban J connectivity index is 2.45. The topological polar surface area (TPSA) is 81.1 Å². The van der Waals surface area contributed by atoms with Crippen LogP contribution in [0.15, 0.2) is 34.8 Å². The van der Waals surface area contributed by atoms with Crippen molar-refractivity contribution in [1.29, 1.82) is 0 Å². The second-order valence-corrected chi connectivity index (χ2v) is 4.89. The molecule has 0 fully saturated rings. The summed E-state index contributed by atoms with van der Waals surface area (Å²) in [7, 11) is 0. The van der Waals surface area contributed by atoms with Crippen LogP contribution in [0.3, 0.4) is 0 Å². The zero-order valence-corrected chi connectivity index (χ0v) is 11.7. The summed E-state index contributed by atoms with van der Waals surface area (Å²) in [5, 5.41) is 2.63. The van der Waals surface area contributed by atoms with E-state index in [1.165, 1.54) is 18.2 Å². The van der Waals surface area contributed by atoms with Gasteiger partial charge in [0, 0.05) is 11.8 Å². The fourth-order valence-electron chi connectivity index (χ4n) is 1.64. The SMILES string of the molecule is NC(=O)c1cc(N)ccc1Nc1cc(F)c(Br)cc1F. The largest absolute Gasteiger partial charge is 0.399 e. The van der Waals surface area contributed by atoms with Crippen molar-refractivity contribution < 1.29 is 13.6 Å². The van der Waals surface area contributed by atoms with Crippen molar-refractivity contribution in [2.75, 3.05) is 11.1 Å². The van der Waals surface area contributed by atoms with E-state index in [0.29, 0.717) is 5.69 Å². The number of carbonyl (C=O) groups excluding carboxylic acids is 1. The van der Waals surface area contributed by atoms with Gasteiger partial charge in [0.2, 0.25) is 0 Å². The molecular formula is C13H10BrF2N3O. The number of nitrogens with one attached hydrogen (secondary N) is 1. The first kappa shape index (κ1) is 14.3. The van der Waals surface area contributed by atoms with Crippen molar-refractivity contribution in [2.45, 2.75) is 0 Å². The molecule has 1 amide bonds. The Kier molecular flexibility index (Phi) is 3.89.